The Morgan fingerprint density at radius 2 is 2.00 bits per heavy atom. The molecule has 4 nitrogen and oxygen atoms in total. The Morgan fingerprint density at radius 3 is 2.80 bits per heavy atom. The Hall–Kier alpha value is -2.46. The van der Waals surface area contributed by atoms with Crippen LogP contribution in [-0.2, 0) is 6.54 Å². The molecule has 2 aromatic carbocycles. The van der Waals surface area contributed by atoms with Gasteiger partial charge in [-0.25, -0.2) is 4.98 Å². The minimum atomic E-state index is -0.380. The number of halogens is 1. The number of para-hydroxylation sites is 2. The van der Waals surface area contributed by atoms with E-state index in [1.807, 2.05) is 36.4 Å². The molecule has 1 amide bonds. The summed E-state index contributed by atoms with van der Waals surface area (Å²) in [5, 5.41) is 0.940. The average Bonchev–Trinajstić information content (AvgIpc) is 3.18. The number of fused-ring (bicyclic) bond motifs is 2. The molecule has 2 aromatic heterocycles. The van der Waals surface area contributed by atoms with Gasteiger partial charge in [0.15, 0.2) is 9.81 Å². The number of terminal acetylenes is 1. The van der Waals surface area contributed by atoms with Crippen LogP contribution < -0.4 is 4.80 Å². The summed E-state index contributed by atoms with van der Waals surface area (Å²) in [4.78, 5) is 21.7. The molecule has 4 aromatic rings. The van der Waals surface area contributed by atoms with E-state index in [2.05, 4.69) is 15.9 Å². The van der Waals surface area contributed by atoms with E-state index in [0.29, 0.717) is 14.8 Å². The van der Waals surface area contributed by atoms with Crippen molar-refractivity contribution in [1.29, 1.82) is 0 Å². The lowest BCUT2D eigenvalue weighted by molar-refractivity contribution is 0.0997. The lowest BCUT2D eigenvalue weighted by Gasteiger charge is -2.01. The number of carbonyl (C=O) groups excluding carboxylic acids is 1. The quantitative estimate of drug-likeness (QED) is 0.483. The van der Waals surface area contributed by atoms with Gasteiger partial charge in [0, 0.05) is 0 Å². The Bertz CT molecular complexity index is 1190. The van der Waals surface area contributed by atoms with Crippen molar-refractivity contribution in [2.75, 3.05) is 0 Å². The van der Waals surface area contributed by atoms with Crippen LogP contribution in [0.15, 0.2) is 47.5 Å². The first-order valence-electron chi connectivity index (χ1n) is 7.33. The summed E-state index contributed by atoms with van der Waals surface area (Å²) in [7, 11) is 0. The van der Waals surface area contributed by atoms with Crippen LogP contribution in [0.25, 0.3) is 20.4 Å². The van der Waals surface area contributed by atoms with Crippen LogP contribution in [0.4, 0.5) is 0 Å². The van der Waals surface area contributed by atoms with E-state index in [-0.39, 0.29) is 12.5 Å². The standard InChI is InChI=1S/C18H10ClN3OS2/c1-2-10-22-15-11(19)6-5-9-14(15)25-18(22)21-16(23)17-20-12-7-3-4-8-13(12)24-17/h1,3-9H,10H2. The third kappa shape index (κ3) is 2.87. The summed E-state index contributed by atoms with van der Waals surface area (Å²) in [5.41, 5.74) is 1.59. The SMILES string of the molecule is C#CCn1c(=NC(=O)c2nc3ccccc3s2)sc2cccc(Cl)c21. The van der Waals surface area contributed by atoms with E-state index in [0.717, 1.165) is 20.4 Å². The zero-order chi connectivity index (χ0) is 17.4. The topological polar surface area (TPSA) is 47.2 Å². The fourth-order valence-corrected chi connectivity index (χ4v) is 4.75. The number of hydrogen-bond acceptors (Lipinski definition) is 4. The summed E-state index contributed by atoms with van der Waals surface area (Å²) in [6.07, 6.45) is 5.48. The molecule has 0 fully saturated rings. The summed E-state index contributed by atoms with van der Waals surface area (Å²) in [6, 6.07) is 13.2. The van der Waals surface area contributed by atoms with Gasteiger partial charge in [-0.1, -0.05) is 47.1 Å². The second kappa shape index (κ2) is 6.45. The predicted molar refractivity (Wildman–Crippen MR) is 103 cm³/mol. The van der Waals surface area contributed by atoms with Crippen LogP contribution in [0, 0.1) is 12.3 Å². The first-order chi connectivity index (χ1) is 12.2. The van der Waals surface area contributed by atoms with Crippen LogP contribution in [0.2, 0.25) is 5.02 Å². The highest BCUT2D eigenvalue weighted by molar-refractivity contribution is 7.20. The highest BCUT2D eigenvalue weighted by Gasteiger charge is 2.14. The molecule has 0 aliphatic heterocycles. The van der Waals surface area contributed by atoms with E-state index in [4.69, 9.17) is 18.0 Å². The van der Waals surface area contributed by atoms with Crippen LogP contribution >= 0.6 is 34.3 Å². The molecule has 0 aliphatic rings. The maximum atomic E-state index is 12.6. The maximum Gasteiger partial charge on any atom is 0.308 e. The van der Waals surface area contributed by atoms with Gasteiger partial charge < -0.3 is 4.57 Å². The molecule has 0 saturated carbocycles. The fourth-order valence-electron chi connectivity index (χ4n) is 2.51. The number of hydrogen-bond donors (Lipinski definition) is 0. The zero-order valence-electron chi connectivity index (χ0n) is 12.8. The Morgan fingerprint density at radius 1 is 1.20 bits per heavy atom. The molecule has 0 spiro atoms. The number of nitrogens with zero attached hydrogens (tertiary/aromatic N) is 3. The molecule has 122 valence electrons. The number of benzene rings is 2. The Labute approximate surface area is 156 Å². The summed E-state index contributed by atoms with van der Waals surface area (Å²) < 4.78 is 3.67. The van der Waals surface area contributed by atoms with Crippen molar-refractivity contribution in [3.63, 3.8) is 0 Å². The van der Waals surface area contributed by atoms with Gasteiger partial charge in [0.2, 0.25) is 0 Å². The van der Waals surface area contributed by atoms with Gasteiger partial charge in [0.25, 0.3) is 0 Å². The zero-order valence-corrected chi connectivity index (χ0v) is 15.2. The fraction of sp³-hybridized carbons (Fsp3) is 0.0556. The molecule has 4 rings (SSSR count). The van der Waals surface area contributed by atoms with Gasteiger partial charge in [0.05, 0.1) is 32.0 Å². The second-order valence-corrected chi connectivity index (χ2v) is 7.61. The van der Waals surface area contributed by atoms with Crippen molar-refractivity contribution in [2.24, 2.45) is 4.99 Å². The Kier molecular flexibility index (Phi) is 4.14. The van der Waals surface area contributed by atoms with Gasteiger partial charge in [0.1, 0.15) is 0 Å². The predicted octanol–water partition coefficient (Wildman–Crippen LogP) is 4.34. The highest BCUT2D eigenvalue weighted by Crippen LogP contribution is 2.26. The number of amides is 1. The normalized spacial score (nSPS) is 11.9. The van der Waals surface area contributed by atoms with Crippen LogP contribution in [0.5, 0.6) is 0 Å². The minimum absolute atomic E-state index is 0.287. The average molecular weight is 384 g/mol. The van der Waals surface area contributed by atoms with Crippen molar-refractivity contribution in [2.45, 2.75) is 6.54 Å². The van der Waals surface area contributed by atoms with Crippen molar-refractivity contribution in [3.05, 3.63) is 57.3 Å². The summed E-state index contributed by atoms with van der Waals surface area (Å²) in [6.45, 7) is 0.287. The largest absolute Gasteiger partial charge is 0.308 e. The molecular formula is C18H10ClN3OS2. The molecule has 0 radical (unpaired) electrons. The summed E-state index contributed by atoms with van der Waals surface area (Å²) in [5.74, 6) is 2.21. The van der Waals surface area contributed by atoms with Crippen LogP contribution in [-0.4, -0.2) is 15.5 Å². The maximum absolute atomic E-state index is 12.6. The molecule has 0 unspecified atom stereocenters. The van der Waals surface area contributed by atoms with E-state index in [1.165, 1.54) is 22.7 Å². The van der Waals surface area contributed by atoms with Crippen molar-refractivity contribution < 1.29 is 4.79 Å². The number of thiazole rings is 2. The van der Waals surface area contributed by atoms with Crippen LogP contribution in [0.3, 0.4) is 0 Å². The smallest absolute Gasteiger partial charge is 0.303 e. The van der Waals surface area contributed by atoms with Gasteiger partial charge in [-0.3, -0.25) is 4.79 Å². The van der Waals surface area contributed by atoms with Gasteiger partial charge in [-0.2, -0.15) is 4.99 Å². The third-order valence-corrected chi connectivity index (χ3v) is 5.95. The van der Waals surface area contributed by atoms with E-state index in [9.17, 15) is 4.79 Å². The third-order valence-electron chi connectivity index (χ3n) is 3.58. The lowest BCUT2D eigenvalue weighted by Crippen LogP contribution is -2.16. The van der Waals surface area contributed by atoms with E-state index < -0.39 is 0 Å². The number of aromatic nitrogens is 2. The van der Waals surface area contributed by atoms with Crippen molar-refractivity contribution >= 4 is 60.6 Å². The highest BCUT2D eigenvalue weighted by atomic mass is 35.5. The van der Waals surface area contributed by atoms with Crippen LogP contribution in [0.1, 0.15) is 9.80 Å². The first-order valence-corrected chi connectivity index (χ1v) is 9.34. The van der Waals surface area contributed by atoms with Crippen molar-refractivity contribution in [1.82, 2.24) is 9.55 Å². The van der Waals surface area contributed by atoms with Crippen molar-refractivity contribution in [3.8, 4) is 12.3 Å². The molecule has 0 bridgehead atoms. The molecule has 7 heteroatoms. The molecule has 0 aliphatic carbocycles. The van der Waals surface area contributed by atoms with Gasteiger partial charge in [-0.05, 0) is 24.3 Å². The van der Waals surface area contributed by atoms with E-state index in [1.54, 1.807) is 10.6 Å². The van der Waals surface area contributed by atoms with Gasteiger partial charge >= 0.3 is 5.91 Å². The van der Waals surface area contributed by atoms with E-state index >= 15 is 0 Å². The molecule has 0 saturated heterocycles. The lowest BCUT2D eigenvalue weighted by atomic mass is 10.3. The minimum Gasteiger partial charge on any atom is -0.303 e. The number of rotatable bonds is 2. The number of carbonyl (C=O) groups is 1. The van der Waals surface area contributed by atoms with Gasteiger partial charge in [-0.15, -0.1) is 17.8 Å². The monoisotopic (exact) mass is 383 g/mol. The Balaban J connectivity index is 1.88. The molecule has 0 N–H and O–H groups in total. The molecule has 25 heavy (non-hydrogen) atoms. The molecule has 2 heterocycles. The molecule has 0 atom stereocenters. The first kappa shape index (κ1) is 16.0. The molecular weight excluding hydrogens is 374 g/mol. The second-order valence-electron chi connectivity index (χ2n) is 5.17. The summed E-state index contributed by atoms with van der Waals surface area (Å²) >= 11 is 9.01.